The lowest BCUT2D eigenvalue weighted by molar-refractivity contribution is 0.682. The van der Waals surface area contributed by atoms with Crippen LogP contribution in [0.15, 0.2) is 59.4 Å². The highest BCUT2D eigenvalue weighted by Crippen LogP contribution is 2.34. The molecular weight excluding hydrogens is 358 g/mol. The smallest absolute Gasteiger partial charge is 0.0605 e. The van der Waals surface area contributed by atoms with E-state index in [1.807, 2.05) is 6.92 Å². The minimum atomic E-state index is 0.152. The van der Waals surface area contributed by atoms with Gasteiger partial charge in [-0.05, 0) is 54.7 Å². The van der Waals surface area contributed by atoms with Gasteiger partial charge < -0.3 is 22.1 Å². The molecule has 0 fully saturated rings. The summed E-state index contributed by atoms with van der Waals surface area (Å²) in [6, 6.07) is 15.2. The first-order valence-electron chi connectivity index (χ1n) is 10.1. The molecule has 1 atom stereocenters. The number of aliphatic imine (C=N–C) groups is 1. The van der Waals surface area contributed by atoms with Crippen LogP contribution in [0.4, 0.5) is 5.69 Å². The Balaban J connectivity index is 2.06. The number of nitrogens with zero attached hydrogens (tertiary/aromatic N) is 1. The SMILES string of the molecule is CCc1ccc(NC2CCN/C(=C(/C)N)c3ccc(C(C=NC)=CN)cc32)cc1. The van der Waals surface area contributed by atoms with E-state index in [2.05, 4.69) is 65.0 Å². The van der Waals surface area contributed by atoms with Crippen molar-refractivity contribution in [1.29, 1.82) is 0 Å². The highest BCUT2D eigenvalue weighted by molar-refractivity contribution is 6.09. The highest BCUT2D eigenvalue weighted by atomic mass is 15.0. The van der Waals surface area contributed by atoms with Crippen LogP contribution in [-0.2, 0) is 6.42 Å². The lowest BCUT2D eigenvalue weighted by atomic mass is 9.92. The van der Waals surface area contributed by atoms with Crippen molar-refractivity contribution in [3.8, 4) is 0 Å². The van der Waals surface area contributed by atoms with Crippen LogP contribution >= 0.6 is 0 Å². The van der Waals surface area contributed by atoms with Crippen molar-refractivity contribution in [2.75, 3.05) is 18.9 Å². The Morgan fingerprint density at radius 1 is 1.24 bits per heavy atom. The van der Waals surface area contributed by atoms with Gasteiger partial charge >= 0.3 is 0 Å². The molecule has 29 heavy (non-hydrogen) atoms. The molecule has 1 aliphatic heterocycles. The molecule has 152 valence electrons. The maximum atomic E-state index is 6.20. The Kier molecular flexibility index (Phi) is 6.60. The number of anilines is 1. The summed E-state index contributed by atoms with van der Waals surface area (Å²) in [6.07, 6.45) is 5.36. The van der Waals surface area contributed by atoms with E-state index in [0.29, 0.717) is 0 Å². The van der Waals surface area contributed by atoms with Crippen LogP contribution in [0, 0.1) is 0 Å². The van der Waals surface area contributed by atoms with Crippen molar-refractivity contribution in [3.63, 3.8) is 0 Å². The van der Waals surface area contributed by atoms with E-state index in [-0.39, 0.29) is 6.04 Å². The van der Waals surface area contributed by atoms with Crippen LogP contribution in [0.5, 0.6) is 0 Å². The van der Waals surface area contributed by atoms with Gasteiger partial charge in [0.25, 0.3) is 0 Å². The zero-order valence-electron chi connectivity index (χ0n) is 17.5. The zero-order valence-corrected chi connectivity index (χ0v) is 17.5. The molecule has 0 saturated carbocycles. The molecule has 1 unspecified atom stereocenters. The van der Waals surface area contributed by atoms with Gasteiger partial charge in [-0.15, -0.1) is 0 Å². The molecule has 0 aliphatic carbocycles. The average Bonchev–Trinajstić information content (AvgIpc) is 2.92. The average molecular weight is 390 g/mol. The molecule has 0 radical (unpaired) electrons. The number of nitrogens with two attached hydrogens (primary N) is 2. The largest absolute Gasteiger partial charge is 0.404 e. The first-order chi connectivity index (χ1) is 14.1. The Labute approximate surface area is 173 Å². The molecule has 6 N–H and O–H groups in total. The van der Waals surface area contributed by atoms with E-state index in [4.69, 9.17) is 11.5 Å². The van der Waals surface area contributed by atoms with Crippen molar-refractivity contribution < 1.29 is 0 Å². The fourth-order valence-electron chi connectivity index (χ4n) is 3.74. The summed E-state index contributed by atoms with van der Waals surface area (Å²) in [6.45, 7) is 4.95. The number of fused-ring (bicyclic) bond motifs is 1. The molecule has 1 heterocycles. The third-order valence-corrected chi connectivity index (χ3v) is 5.31. The fourth-order valence-corrected chi connectivity index (χ4v) is 3.74. The van der Waals surface area contributed by atoms with Crippen molar-refractivity contribution in [2.24, 2.45) is 16.5 Å². The van der Waals surface area contributed by atoms with E-state index in [9.17, 15) is 0 Å². The molecular formula is C24H31N5. The van der Waals surface area contributed by atoms with Gasteiger partial charge in [-0.2, -0.15) is 0 Å². The molecule has 2 aromatic carbocycles. The van der Waals surface area contributed by atoms with Crippen molar-refractivity contribution in [3.05, 3.63) is 76.6 Å². The third kappa shape index (κ3) is 4.62. The summed E-state index contributed by atoms with van der Waals surface area (Å²) >= 11 is 0. The van der Waals surface area contributed by atoms with E-state index in [0.717, 1.165) is 53.2 Å². The van der Waals surface area contributed by atoms with Crippen LogP contribution in [0.25, 0.3) is 11.3 Å². The Morgan fingerprint density at radius 3 is 2.62 bits per heavy atom. The number of nitrogens with one attached hydrogen (secondary N) is 2. The van der Waals surface area contributed by atoms with Crippen LogP contribution in [-0.4, -0.2) is 19.8 Å². The van der Waals surface area contributed by atoms with Crippen molar-refractivity contribution in [2.45, 2.75) is 32.7 Å². The lowest BCUT2D eigenvalue weighted by Crippen LogP contribution is -2.16. The minimum absolute atomic E-state index is 0.152. The van der Waals surface area contributed by atoms with Gasteiger partial charge in [0.1, 0.15) is 0 Å². The Hall–Kier alpha value is -3.21. The van der Waals surface area contributed by atoms with Gasteiger partial charge in [0.05, 0.1) is 11.7 Å². The number of allylic oxidation sites excluding steroid dienone is 2. The molecule has 1 aliphatic rings. The summed E-state index contributed by atoms with van der Waals surface area (Å²) in [7, 11) is 1.75. The van der Waals surface area contributed by atoms with Gasteiger partial charge in [0, 0.05) is 48.5 Å². The summed E-state index contributed by atoms with van der Waals surface area (Å²) in [5.41, 5.74) is 20.6. The summed E-state index contributed by atoms with van der Waals surface area (Å²) in [5, 5.41) is 7.22. The summed E-state index contributed by atoms with van der Waals surface area (Å²) in [5.74, 6) is 0. The molecule has 5 nitrogen and oxygen atoms in total. The second kappa shape index (κ2) is 9.32. The van der Waals surface area contributed by atoms with Crippen molar-refractivity contribution >= 4 is 23.2 Å². The molecule has 0 bridgehead atoms. The first kappa shape index (κ1) is 20.5. The molecule has 5 heteroatoms. The number of hydrogen-bond acceptors (Lipinski definition) is 5. The number of hydrogen-bond donors (Lipinski definition) is 4. The topological polar surface area (TPSA) is 88.5 Å². The van der Waals surface area contributed by atoms with Gasteiger partial charge in [-0.3, -0.25) is 4.99 Å². The predicted molar refractivity (Wildman–Crippen MR) is 125 cm³/mol. The van der Waals surface area contributed by atoms with Gasteiger partial charge in [-0.25, -0.2) is 0 Å². The third-order valence-electron chi connectivity index (χ3n) is 5.31. The second-order valence-electron chi connectivity index (χ2n) is 7.33. The summed E-state index contributed by atoms with van der Waals surface area (Å²) < 4.78 is 0. The fraction of sp³-hybridized carbons (Fsp3) is 0.292. The van der Waals surface area contributed by atoms with Crippen LogP contribution in [0.3, 0.4) is 0 Å². The number of rotatable bonds is 5. The molecule has 0 amide bonds. The molecule has 0 saturated heterocycles. The molecule has 2 aromatic rings. The zero-order chi connectivity index (χ0) is 20.8. The van der Waals surface area contributed by atoms with E-state index in [1.165, 1.54) is 11.1 Å². The minimum Gasteiger partial charge on any atom is -0.404 e. The quantitative estimate of drug-likeness (QED) is 0.581. The van der Waals surface area contributed by atoms with E-state index < -0.39 is 0 Å². The standard InChI is InChI=1S/C24H31N5/c1-4-17-5-8-20(9-6-17)29-23-11-12-28-24(16(2)26)21-10-7-18(13-22(21)23)19(14-25)15-27-3/h5-10,13-15,23,28-29H,4,11-12,25-26H2,1-3H3/b19-14?,24-16-,27-15?. The lowest BCUT2D eigenvalue weighted by Gasteiger charge is -2.22. The molecule has 0 spiro atoms. The summed E-state index contributed by atoms with van der Waals surface area (Å²) in [4.78, 5) is 4.13. The second-order valence-corrected chi connectivity index (χ2v) is 7.33. The Morgan fingerprint density at radius 2 is 2.00 bits per heavy atom. The van der Waals surface area contributed by atoms with Crippen LogP contribution < -0.4 is 22.1 Å². The number of aryl methyl sites for hydroxylation is 1. The van der Waals surface area contributed by atoms with Gasteiger partial charge in [0.15, 0.2) is 0 Å². The van der Waals surface area contributed by atoms with Crippen LogP contribution in [0.2, 0.25) is 0 Å². The van der Waals surface area contributed by atoms with Crippen LogP contribution in [0.1, 0.15) is 48.6 Å². The molecule has 3 rings (SSSR count). The maximum absolute atomic E-state index is 6.20. The Bertz CT molecular complexity index is 934. The highest BCUT2D eigenvalue weighted by Gasteiger charge is 2.23. The van der Waals surface area contributed by atoms with Crippen molar-refractivity contribution in [1.82, 2.24) is 5.32 Å². The first-order valence-corrected chi connectivity index (χ1v) is 10.1. The van der Waals surface area contributed by atoms with Gasteiger partial charge in [0.2, 0.25) is 0 Å². The number of benzene rings is 2. The monoisotopic (exact) mass is 389 g/mol. The normalized spacial score (nSPS) is 18.7. The molecule has 0 aromatic heterocycles. The van der Waals surface area contributed by atoms with E-state index in [1.54, 1.807) is 19.5 Å². The van der Waals surface area contributed by atoms with Gasteiger partial charge in [-0.1, -0.05) is 31.2 Å². The maximum Gasteiger partial charge on any atom is 0.0605 e. The van der Waals surface area contributed by atoms with E-state index >= 15 is 0 Å². The predicted octanol–water partition coefficient (Wildman–Crippen LogP) is 4.04.